The Kier molecular flexibility index (Phi) is 3.37. The number of hydrogen-bond acceptors (Lipinski definition) is 5. The number of hydrogen-bond donors (Lipinski definition) is 1. The summed E-state index contributed by atoms with van der Waals surface area (Å²) in [6.45, 7) is 4.52. The molecular weight excluding hydrogens is 242 g/mol. The lowest BCUT2D eigenvalue weighted by atomic mass is 10.2. The fourth-order valence-corrected chi connectivity index (χ4v) is 2.42. The SMILES string of the molecule is Oc1ccccc1N1CCN(Cc2ccno2)CC1. The molecule has 1 aliphatic heterocycles. The predicted octanol–water partition coefficient (Wildman–Crippen LogP) is 1.70. The van der Waals surface area contributed by atoms with Gasteiger partial charge in [-0.1, -0.05) is 17.3 Å². The molecule has 100 valence electrons. The number of anilines is 1. The van der Waals surface area contributed by atoms with Crippen molar-refractivity contribution in [2.75, 3.05) is 31.1 Å². The molecular formula is C14H17N3O2. The summed E-state index contributed by atoms with van der Waals surface area (Å²) in [6, 6.07) is 9.39. The maximum absolute atomic E-state index is 9.86. The van der Waals surface area contributed by atoms with Crippen molar-refractivity contribution in [3.05, 3.63) is 42.3 Å². The van der Waals surface area contributed by atoms with E-state index in [0.29, 0.717) is 5.75 Å². The molecule has 5 heteroatoms. The van der Waals surface area contributed by atoms with Gasteiger partial charge < -0.3 is 14.5 Å². The second-order valence-corrected chi connectivity index (χ2v) is 4.73. The van der Waals surface area contributed by atoms with Crippen molar-refractivity contribution in [3.63, 3.8) is 0 Å². The van der Waals surface area contributed by atoms with E-state index in [-0.39, 0.29) is 0 Å². The van der Waals surface area contributed by atoms with E-state index in [2.05, 4.69) is 15.0 Å². The van der Waals surface area contributed by atoms with E-state index in [0.717, 1.165) is 44.2 Å². The molecule has 1 aromatic heterocycles. The van der Waals surface area contributed by atoms with Crippen LogP contribution < -0.4 is 4.90 Å². The van der Waals surface area contributed by atoms with Gasteiger partial charge in [-0.05, 0) is 12.1 Å². The Labute approximate surface area is 112 Å². The summed E-state index contributed by atoms with van der Waals surface area (Å²) >= 11 is 0. The van der Waals surface area contributed by atoms with Gasteiger partial charge in [-0.2, -0.15) is 0 Å². The smallest absolute Gasteiger partial charge is 0.150 e. The molecule has 0 radical (unpaired) electrons. The Bertz CT molecular complexity index is 519. The highest BCUT2D eigenvalue weighted by Crippen LogP contribution is 2.27. The molecule has 0 spiro atoms. The molecule has 0 unspecified atom stereocenters. The second kappa shape index (κ2) is 5.32. The minimum atomic E-state index is 0.353. The summed E-state index contributed by atoms with van der Waals surface area (Å²) in [6.07, 6.45) is 1.67. The molecule has 1 N–H and O–H groups in total. The molecule has 19 heavy (non-hydrogen) atoms. The minimum Gasteiger partial charge on any atom is -0.506 e. The van der Waals surface area contributed by atoms with E-state index in [9.17, 15) is 5.11 Å². The van der Waals surface area contributed by atoms with Gasteiger partial charge >= 0.3 is 0 Å². The molecule has 5 nitrogen and oxygen atoms in total. The highest BCUT2D eigenvalue weighted by Gasteiger charge is 2.19. The number of aromatic nitrogens is 1. The van der Waals surface area contributed by atoms with Crippen molar-refractivity contribution in [3.8, 4) is 5.75 Å². The van der Waals surface area contributed by atoms with Crippen molar-refractivity contribution < 1.29 is 9.63 Å². The third kappa shape index (κ3) is 2.71. The Morgan fingerprint density at radius 1 is 1.11 bits per heavy atom. The highest BCUT2D eigenvalue weighted by atomic mass is 16.5. The van der Waals surface area contributed by atoms with Crippen LogP contribution >= 0.6 is 0 Å². The summed E-state index contributed by atoms with van der Waals surface area (Å²) in [5.41, 5.74) is 0.918. The average Bonchev–Trinajstić information content (AvgIpc) is 2.93. The molecule has 1 aromatic carbocycles. The lowest BCUT2D eigenvalue weighted by molar-refractivity contribution is 0.219. The largest absolute Gasteiger partial charge is 0.506 e. The van der Waals surface area contributed by atoms with Crippen LogP contribution in [-0.4, -0.2) is 41.3 Å². The molecule has 0 amide bonds. The van der Waals surface area contributed by atoms with Gasteiger partial charge in [0.1, 0.15) is 5.75 Å². The molecule has 1 aliphatic rings. The molecule has 0 bridgehead atoms. The average molecular weight is 259 g/mol. The van der Waals surface area contributed by atoms with E-state index >= 15 is 0 Å². The first-order valence-electron chi connectivity index (χ1n) is 6.48. The number of rotatable bonds is 3. The zero-order valence-corrected chi connectivity index (χ0v) is 10.7. The van der Waals surface area contributed by atoms with Crippen LogP contribution in [0, 0.1) is 0 Å². The van der Waals surface area contributed by atoms with Gasteiger partial charge in [-0.3, -0.25) is 4.90 Å². The molecule has 1 fully saturated rings. The third-order valence-electron chi connectivity index (χ3n) is 3.47. The molecule has 2 aromatic rings. The van der Waals surface area contributed by atoms with E-state index in [4.69, 9.17) is 4.52 Å². The maximum Gasteiger partial charge on any atom is 0.150 e. The fraction of sp³-hybridized carbons (Fsp3) is 0.357. The van der Waals surface area contributed by atoms with E-state index < -0.39 is 0 Å². The standard InChI is InChI=1S/C14H17N3O2/c18-14-4-2-1-3-13(14)17-9-7-16(8-10-17)11-12-5-6-15-19-12/h1-6,18H,7-11H2. The van der Waals surface area contributed by atoms with Crippen LogP contribution in [0.15, 0.2) is 41.1 Å². The fourth-order valence-electron chi connectivity index (χ4n) is 2.42. The lowest BCUT2D eigenvalue weighted by Crippen LogP contribution is -2.45. The second-order valence-electron chi connectivity index (χ2n) is 4.73. The number of benzene rings is 1. The minimum absolute atomic E-state index is 0.353. The number of phenolic OH excluding ortho intramolecular Hbond substituents is 1. The van der Waals surface area contributed by atoms with Gasteiger partial charge in [0, 0.05) is 32.2 Å². The topological polar surface area (TPSA) is 52.7 Å². The molecule has 0 aliphatic carbocycles. The number of nitrogens with zero attached hydrogens (tertiary/aromatic N) is 3. The number of piperazine rings is 1. The Hall–Kier alpha value is -2.01. The van der Waals surface area contributed by atoms with Crippen molar-refractivity contribution in [1.82, 2.24) is 10.1 Å². The molecule has 1 saturated heterocycles. The predicted molar refractivity (Wildman–Crippen MR) is 72.1 cm³/mol. The molecule has 0 atom stereocenters. The first-order chi connectivity index (χ1) is 9.33. The zero-order valence-electron chi connectivity index (χ0n) is 10.7. The Balaban J connectivity index is 1.59. The first-order valence-corrected chi connectivity index (χ1v) is 6.48. The normalized spacial score (nSPS) is 16.7. The molecule has 0 saturated carbocycles. The van der Waals surface area contributed by atoms with Gasteiger partial charge in [0.2, 0.25) is 0 Å². The molecule has 2 heterocycles. The molecule has 3 rings (SSSR count). The Morgan fingerprint density at radius 3 is 2.58 bits per heavy atom. The van der Waals surface area contributed by atoms with Crippen molar-refractivity contribution >= 4 is 5.69 Å². The van der Waals surface area contributed by atoms with Crippen LogP contribution in [0.3, 0.4) is 0 Å². The monoisotopic (exact) mass is 259 g/mol. The van der Waals surface area contributed by atoms with Gasteiger partial charge in [-0.25, -0.2) is 0 Å². The number of aromatic hydroxyl groups is 1. The van der Waals surface area contributed by atoms with Crippen molar-refractivity contribution in [1.29, 1.82) is 0 Å². The van der Waals surface area contributed by atoms with Crippen LogP contribution in [0.1, 0.15) is 5.76 Å². The lowest BCUT2D eigenvalue weighted by Gasteiger charge is -2.35. The van der Waals surface area contributed by atoms with Crippen LogP contribution in [0.25, 0.3) is 0 Å². The van der Waals surface area contributed by atoms with Gasteiger partial charge in [0.25, 0.3) is 0 Å². The summed E-state index contributed by atoms with van der Waals surface area (Å²) in [7, 11) is 0. The zero-order chi connectivity index (χ0) is 13.1. The quantitative estimate of drug-likeness (QED) is 0.909. The number of phenols is 1. The van der Waals surface area contributed by atoms with Crippen LogP contribution in [0.5, 0.6) is 5.75 Å². The summed E-state index contributed by atoms with van der Waals surface area (Å²) in [5.74, 6) is 1.25. The van der Waals surface area contributed by atoms with Crippen molar-refractivity contribution in [2.24, 2.45) is 0 Å². The van der Waals surface area contributed by atoms with E-state index in [1.54, 1.807) is 12.3 Å². The first kappa shape index (κ1) is 12.0. The highest BCUT2D eigenvalue weighted by molar-refractivity contribution is 5.57. The Morgan fingerprint density at radius 2 is 1.89 bits per heavy atom. The third-order valence-corrected chi connectivity index (χ3v) is 3.47. The number of para-hydroxylation sites is 2. The van der Waals surface area contributed by atoms with Crippen LogP contribution in [0.2, 0.25) is 0 Å². The van der Waals surface area contributed by atoms with E-state index in [1.165, 1.54) is 0 Å². The van der Waals surface area contributed by atoms with E-state index in [1.807, 2.05) is 24.3 Å². The van der Waals surface area contributed by atoms with Crippen LogP contribution in [0.4, 0.5) is 5.69 Å². The summed E-state index contributed by atoms with van der Waals surface area (Å²) in [4.78, 5) is 4.54. The van der Waals surface area contributed by atoms with Gasteiger partial charge in [-0.15, -0.1) is 0 Å². The van der Waals surface area contributed by atoms with Crippen LogP contribution in [-0.2, 0) is 6.54 Å². The van der Waals surface area contributed by atoms with Crippen molar-refractivity contribution in [2.45, 2.75) is 6.54 Å². The van der Waals surface area contributed by atoms with Gasteiger partial charge in [0.05, 0.1) is 18.4 Å². The maximum atomic E-state index is 9.86. The van der Waals surface area contributed by atoms with Gasteiger partial charge in [0.15, 0.2) is 5.76 Å². The summed E-state index contributed by atoms with van der Waals surface area (Å²) in [5, 5.41) is 13.6. The summed E-state index contributed by atoms with van der Waals surface area (Å²) < 4.78 is 5.12.